The SMILES string of the molecule is N#Cc1ccc2c(c1)C1(CCCCC1)c1cccc(-c3cccc(-c4cccc(-c5cccc(-c6cc(-c7ccc(-c8ccccc8)cc7)nc(-c7ccccc7)n6)c5)c4)c3)c1-2. The number of aromatic nitrogens is 2. The van der Waals surface area contributed by atoms with Gasteiger partial charge in [-0.15, -0.1) is 0 Å². The molecule has 9 aromatic rings. The molecule has 1 heterocycles. The van der Waals surface area contributed by atoms with Gasteiger partial charge in [-0.05, 0) is 116 Å². The summed E-state index contributed by atoms with van der Waals surface area (Å²) in [6.07, 6.45) is 5.97. The zero-order chi connectivity index (χ0) is 41.5. The molecular formula is C59H43N3. The average Bonchev–Trinajstić information content (AvgIpc) is 3.62. The third-order valence-corrected chi connectivity index (χ3v) is 13.1. The summed E-state index contributed by atoms with van der Waals surface area (Å²) in [5, 5.41) is 9.88. The molecule has 0 amide bonds. The molecule has 294 valence electrons. The van der Waals surface area contributed by atoms with Gasteiger partial charge in [0.25, 0.3) is 0 Å². The summed E-state index contributed by atoms with van der Waals surface area (Å²) in [7, 11) is 0. The summed E-state index contributed by atoms with van der Waals surface area (Å²) in [6, 6.07) is 73.7. The standard InChI is InChI=1S/C59H43N3/c60-39-40-26-31-52-54(34-40)59(32-8-3-9-33-59)53-25-13-24-51(57(52)53)49-22-11-20-47(36-49)45-18-10-19-46(35-45)48-21-12-23-50(37-48)56-38-55(61-58(62-56)44-16-6-2-7-17-44)43-29-27-42(28-30-43)41-14-4-1-5-15-41/h1-2,4-7,10-31,34-38H,3,8-9,32-33H2. The lowest BCUT2D eigenvalue weighted by Crippen LogP contribution is -2.28. The van der Waals surface area contributed by atoms with E-state index in [1.165, 1.54) is 74.9 Å². The van der Waals surface area contributed by atoms with Crippen LogP contribution in [0.2, 0.25) is 0 Å². The molecular weight excluding hydrogens is 751 g/mol. The molecule has 1 aromatic heterocycles. The molecule has 1 spiro atoms. The predicted octanol–water partition coefficient (Wildman–Crippen LogP) is 15.2. The van der Waals surface area contributed by atoms with Crippen molar-refractivity contribution in [3.8, 4) is 95.6 Å². The van der Waals surface area contributed by atoms with Crippen LogP contribution in [0.5, 0.6) is 0 Å². The Kier molecular flexibility index (Phi) is 9.48. The Hall–Kier alpha value is -7.67. The minimum atomic E-state index is -0.0170. The van der Waals surface area contributed by atoms with Crippen molar-refractivity contribution in [1.82, 2.24) is 9.97 Å². The van der Waals surface area contributed by atoms with Crippen LogP contribution in [0.4, 0.5) is 0 Å². The van der Waals surface area contributed by atoms with Gasteiger partial charge in [-0.1, -0.05) is 183 Å². The molecule has 0 atom stereocenters. The van der Waals surface area contributed by atoms with E-state index < -0.39 is 0 Å². The van der Waals surface area contributed by atoms with Gasteiger partial charge in [0.05, 0.1) is 23.0 Å². The lowest BCUT2D eigenvalue weighted by atomic mass is 9.67. The van der Waals surface area contributed by atoms with Gasteiger partial charge < -0.3 is 0 Å². The maximum absolute atomic E-state index is 9.88. The molecule has 3 nitrogen and oxygen atoms in total. The Morgan fingerprint density at radius 3 is 1.55 bits per heavy atom. The number of fused-ring (bicyclic) bond motifs is 5. The van der Waals surface area contributed by atoms with Gasteiger partial charge in [0, 0.05) is 22.1 Å². The maximum atomic E-state index is 9.88. The quantitative estimate of drug-likeness (QED) is 0.161. The molecule has 62 heavy (non-hydrogen) atoms. The highest BCUT2D eigenvalue weighted by atomic mass is 14.9. The molecule has 0 aliphatic heterocycles. The first-order valence-corrected chi connectivity index (χ1v) is 21.7. The predicted molar refractivity (Wildman–Crippen MR) is 254 cm³/mol. The van der Waals surface area contributed by atoms with Crippen molar-refractivity contribution in [2.45, 2.75) is 37.5 Å². The summed E-state index contributed by atoms with van der Waals surface area (Å²) >= 11 is 0. The second-order valence-corrected chi connectivity index (χ2v) is 16.8. The van der Waals surface area contributed by atoms with Gasteiger partial charge in [0.1, 0.15) is 0 Å². The molecule has 11 rings (SSSR count). The van der Waals surface area contributed by atoms with Crippen molar-refractivity contribution in [3.05, 3.63) is 217 Å². The van der Waals surface area contributed by atoms with Gasteiger partial charge in [0.15, 0.2) is 5.82 Å². The Bertz CT molecular complexity index is 3150. The average molecular weight is 794 g/mol. The fraction of sp³-hybridized carbons (Fsp3) is 0.102. The van der Waals surface area contributed by atoms with Crippen LogP contribution in [0.3, 0.4) is 0 Å². The molecule has 0 bridgehead atoms. The van der Waals surface area contributed by atoms with Crippen molar-refractivity contribution in [3.63, 3.8) is 0 Å². The van der Waals surface area contributed by atoms with E-state index in [9.17, 15) is 5.26 Å². The number of benzene rings is 8. The molecule has 0 N–H and O–H groups in total. The highest BCUT2D eigenvalue weighted by molar-refractivity contribution is 5.94. The smallest absolute Gasteiger partial charge is 0.160 e. The monoisotopic (exact) mass is 793 g/mol. The Balaban J connectivity index is 0.945. The molecule has 8 aromatic carbocycles. The van der Waals surface area contributed by atoms with Crippen LogP contribution >= 0.6 is 0 Å². The van der Waals surface area contributed by atoms with Gasteiger partial charge in [0.2, 0.25) is 0 Å². The third-order valence-electron chi connectivity index (χ3n) is 13.1. The first kappa shape index (κ1) is 37.3. The molecule has 0 saturated heterocycles. The molecule has 2 aliphatic carbocycles. The third kappa shape index (κ3) is 6.71. The second kappa shape index (κ2) is 15.7. The van der Waals surface area contributed by atoms with E-state index in [4.69, 9.17) is 9.97 Å². The molecule has 2 aliphatic rings. The summed E-state index contributed by atoms with van der Waals surface area (Å²) < 4.78 is 0. The zero-order valence-corrected chi connectivity index (χ0v) is 34.4. The normalized spacial score (nSPS) is 13.6. The van der Waals surface area contributed by atoms with E-state index in [0.717, 1.165) is 57.6 Å². The first-order valence-electron chi connectivity index (χ1n) is 21.7. The second-order valence-electron chi connectivity index (χ2n) is 16.8. The molecule has 1 fully saturated rings. The van der Waals surface area contributed by atoms with Crippen molar-refractivity contribution < 1.29 is 0 Å². The highest BCUT2D eigenvalue weighted by Crippen LogP contribution is 2.58. The van der Waals surface area contributed by atoms with Crippen LogP contribution in [0.15, 0.2) is 200 Å². The number of nitrogens with zero attached hydrogens (tertiary/aromatic N) is 3. The van der Waals surface area contributed by atoms with Gasteiger partial charge in [-0.2, -0.15) is 5.26 Å². The number of hydrogen-bond acceptors (Lipinski definition) is 3. The lowest BCUT2D eigenvalue weighted by Gasteiger charge is -2.36. The minimum absolute atomic E-state index is 0.0170. The Labute approximate surface area is 363 Å². The minimum Gasteiger partial charge on any atom is -0.228 e. The Morgan fingerprint density at radius 1 is 0.371 bits per heavy atom. The summed E-state index contributed by atoms with van der Waals surface area (Å²) in [6.45, 7) is 0. The van der Waals surface area contributed by atoms with E-state index in [2.05, 4.69) is 176 Å². The zero-order valence-electron chi connectivity index (χ0n) is 34.4. The molecule has 0 radical (unpaired) electrons. The van der Waals surface area contributed by atoms with Crippen LogP contribution < -0.4 is 0 Å². The van der Waals surface area contributed by atoms with Crippen LogP contribution in [0.25, 0.3) is 89.5 Å². The lowest BCUT2D eigenvalue weighted by molar-refractivity contribution is 0.353. The van der Waals surface area contributed by atoms with Crippen LogP contribution in [0, 0.1) is 11.3 Å². The topological polar surface area (TPSA) is 49.6 Å². The van der Waals surface area contributed by atoms with E-state index in [1.807, 2.05) is 30.3 Å². The van der Waals surface area contributed by atoms with E-state index in [1.54, 1.807) is 0 Å². The van der Waals surface area contributed by atoms with Crippen LogP contribution in [-0.2, 0) is 5.41 Å². The number of nitriles is 1. The number of rotatable bonds is 7. The van der Waals surface area contributed by atoms with Gasteiger partial charge >= 0.3 is 0 Å². The van der Waals surface area contributed by atoms with Crippen molar-refractivity contribution >= 4 is 0 Å². The van der Waals surface area contributed by atoms with Crippen LogP contribution in [0.1, 0.15) is 48.8 Å². The van der Waals surface area contributed by atoms with Gasteiger partial charge in [-0.25, -0.2) is 9.97 Å². The summed E-state index contributed by atoms with van der Waals surface area (Å²) in [4.78, 5) is 10.2. The first-order chi connectivity index (χ1) is 30.6. The maximum Gasteiger partial charge on any atom is 0.160 e. The van der Waals surface area contributed by atoms with E-state index >= 15 is 0 Å². The van der Waals surface area contributed by atoms with Crippen molar-refractivity contribution in [2.75, 3.05) is 0 Å². The molecule has 0 unspecified atom stereocenters. The van der Waals surface area contributed by atoms with E-state index in [-0.39, 0.29) is 5.41 Å². The van der Waals surface area contributed by atoms with Crippen molar-refractivity contribution in [1.29, 1.82) is 5.26 Å². The fourth-order valence-electron chi connectivity index (χ4n) is 10.1. The highest BCUT2D eigenvalue weighted by Gasteiger charge is 2.44. The largest absolute Gasteiger partial charge is 0.228 e. The summed E-state index contributed by atoms with van der Waals surface area (Å²) in [5.74, 6) is 0.700. The Morgan fingerprint density at radius 2 is 0.887 bits per heavy atom. The summed E-state index contributed by atoms with van der Waals surface area (Å²) in [5.41, 5.74) is 20.4. The molecule has 1 saturated carbocycles. The van der Waals surface area contributed by atoms with Gasteiger partial charge in [-0.3, -0.25) is 0 Å². The molecule has 3 heteroatoms. The number of hydrogen-bond donors (Lipinski definition) is 0. The van der Waals surface area contributed by atoms with Crippen molar-refractivity contribution in [2.24, 2.45) is 0 Å². The van der Waals surface area contributed by atoms with E-state index in [0.29, 0.717) is 5.82 Å². The fourth-order valence-corrected chi connectivity index (χ4v) is 10.1. The van der Waals surface area contributed by atoms with Crippen LogP contribution in [-0.4, -0.2) is 9.97 Å².